The zero-order valence-corrected chi connectivity index (χ0v) is 16.1. The van der Waals surface area contributed by atoms with E-state index < -0.39 is 61.1 Å². The number of carbonyl (C=O) groups excluding carboxylic acids is 3. The largest absolute Gasteiger partial charge is 0.480 e. The highest BCUT2D eigenvalue weighted by Crippen LogP contribution is 2.06. The topological polar surface area (TPSA) is 191 Å². The van der Waals surface area contributed by atoms with Gasteiger partial charge >= 0.3 is 5.97 Å². The van der Waals surface area contributed by atoms with E-state index in [-0.39, 0.29) is 18.1 Å². The Bertz CT molecular complexity index is 532. The van der Waals surface area contributed by atoms with Crippen LogP contribution in [0.3, 0.4) is 0 Å². The number of hydrogen-bond acceptors (Lipinski definition) is 8. The van der Waals surface area contributed by atoms with Gasteiger partial charge in [0, 0.05) is 5.75 Å². The first-order valence-electron chi connectivity index (χ1n) is 8.29. The number of carboxylic acids is 1. The molecule has 0 aromatic carbocycles. The second kappa shape index (κ2) is 12.5. The van der Waals surface area contributed by atoms with Gasteiger partial charge in [0.05, 0.1) is 19.3 Å². The Morgan fingerprint density at radius 1 is 0.889 bits per heavy atom. The summed E-state index contributed by atoms with van der Waals surface area (Å²) in [6.45, 7) is 1.97. The molecule has 4 unspecified atom stereocenters. The number of carboxylic acid groups (broad SMARTS) is 1. The average molecular weight is 408 g/mol. The molecule has 27 heavy (non-hydrogen) atoms. The highest BCUT2D eigenvalue weighted by molar-refractivity contribution is 7.80. The first kappa shape index (κ1) is 25.1. The van der Waals surface area contributed by atoms with Gasteiger partial charge < -0.3 is 37.0 Å². The molecule has 8 N–H and O–H groups in total. The van der Waals surface area contributed by atoms with E-state index in [0.717, 1.165) is 0 Å². The number of aliphatic hydroxyl groups excluding tert-OH is 2. The molecule has 0 aliphatic rings. The lowest BCUT2D eigenvalue weighted by molar-refractivity contribution is -0.143. The van der Waals surface area contributed by atoms with Crippen LogP contribution < -0.4 is 21.7 Å². The van der Waals surface area contributed by atoms with E-state index in [1.807, 2.05) is 19.2 Å². The smallest absolute Gasteiger partial charge is 0.328 e. The Morgan fingerprint density at radius 3 is 1.74 bits per heavy atom. The number of nitrogens with one attached hydrogen (secondary N) is 3. The minimum absolute atomic E-state index is 0.0143. The third-order valence-electron chi connectivity index (χ3n) is 3.49. The lowest BCUT2D eigenvalue weighted by atomic mass is 10.0. The summed E-state index contributed by atoms with van der Waals surface area (Å²) in [7, 11) is 0. The quantitative estimate of drug-likeness (QED) is 0.155. The third kappa shape index (κ3) is 9.04. The molecule has 3 amide bonds. The molecule has 12 heteroatoms. The van der Waals surface area contributed by atoms with Gasteiger partial charge in [-0.2, -0.15) is 12.6 Å². The van der Waals surface area contributed by atoms with Crippen molar-refractivity contribution in [1.82, 2.24) is 16.0 Å². The number of nitrogens with two attached hydrogens (primary N) is 1. The summed E-state index contributed by atoms with van der Waals surface area (Å²) in [5, 5.41) is 33.8. The van der Waals surface area contributed by atoms with Crippen LogP contribution in [0.2, 0.25) is 0 Å². The molecule has 0 fully saturated rings. The Morgan fingerprint density at radius 2 is 1.33 bits per heavy atom. The van der Waals surface area contributed by atoms with Crippen molar-refractivity contribution in [2.45, 2.75) is 44.4 Å². The molecule has 0 aromatic heterocycles. The number of hydrogen-bond donors (Lipinski definition) is 8. The van der Waals surface area contributed by atoms with E-state index in [1.54, 1.807) is 0 Å². The minimum atomic E-state index is -1.58. The van der Waals surface area contributed by atoms with Crippen LogP contribution in [0.1, 0.15) is 20.3 Å². The highest BCUT2D eigenvalue weighted by atomic mass is 32.1. The molecule has 11 nitrogen and oxygen atoms in total. The monoisotopic (exact) mass is 408 g/mol. The summed E-state index contributed by atoms with van der Waals surface area (Å²) in [6, 6.07) is -4.98. The van der Waals surface area contributed by atoms with Crippen molar-refractivity contribution >= 4 is 36.3 Å². The molecule has 0 bridgehead atoms. The number of amides is 3. The van der Waals surface area contributed by atoms with Gasteiger partial charge in [-0.25, -0.2) is 4.79 Å². The lowest BCUT2D eigenvalue weighted by Gasteiger charge is -2.24. The molecule has 0 heterocycles. The Hall–Kier alpha value is -1.89. The van der Waals surface area contributed by atoms with Gasteiger partial charge in [-0.15, -0.1) is 0 Å². The van der Waals surface area contributed by atoms with E-state index in [1.165, 1.54) is 0 Å². The predicted octanol–water partition coefficient (Wildman–Crippen LogP) is -3.19. The normalized spacial score (nSPS) is 15.4. The van der Waals surface area contributed by atoms with Crippen LogP contribution in [0.5, 0.6) is 0 Å². The van der Waals surface area contributed by atoms with Gasteiger partial charge in [0.15, 0.2) is 0 Å². The first-order chi connectivity index (χ1) is 12.6. The summed E-state index contributed by atoms with van der Waals surface area (Å²) in [4.78, 5) is 47.3. The van der Waals surface area contributed by atoms with Gasteiger partial charge in [0.1, 0.15) is 18.1 Å². The average Bonchev–Trinajstić information content (AvgIpc) is 2.61. The fraction of sp³-hybridized carbons (Fsp3) is 0.733. The number of carbonyl (C=O) groups is 4. The molecule has 0 spiro atoms. The second-order valence-corrected chi connectivity index (χ2v) is 6.67. The van der Waals surface area contributed by atoms with E-state index in [2.05, 4.69) is 23.3 Å². The highest BCUT2D eigenvalue weighted by Gasteiger charge is 2.30. The van der Waals surface area contributed by atoms with E-state index >= 15 is 0 Å². The van der Waals surface area contributed by atoms with Gasteiger partial charge in [-0.3, -0.25) is 14.4 Å². The zero-order chi connectivity index (χ0) is 21.1. The Labute approximate surface area is 162 Å². The molecule has 0 aliphatic carbocycles. The molecule has 156 valence electrons. The predicted molar refractivity (Wildman–Crippen MR) is 98.9 cm³/mol. The number of aliphatic hydroxyl groups is 2. The number of rotatable bonds is 12. The lowest BCUT2D eigenvalue weighted by Crippen LogP contribution is -2.58. The first-order valence-corrected chi connectivity index (χ1v) is 8.92. The van der Waals surface area contributed by atoms with Crippen LogP contribution in [0.4, 0.5) is 0 Å². The number of thiol groups is 1. The minimum Gasteiger partial charge on any atom is -0.480 e. The summed E-state index contributed by atoms with van der Waals surface area (Å²) < 4.78 is 0. The van der Waals surface area contributed by atoms with Crippen molar-refractivity contribution in [3.8, 4) is 0 Å². The second-order valence-electron chi connectivity index (χ2n) is 6.31. The van der Waals surface area contributed by atoms with Crippen LogP contribution in [0, 0.1) is 5.92 Å². The molecule has 0 radical (unpaired) electrons. The molecule has 0 aromatic rings. The standard InChI is InChI=1S/C15H28N4O7S/c1-7(2)3-9(17-12(22)8(16)6-27)13(23)18-10(4-20)14(24)19-11(5-21)15(25)26/h7-11,20-21,27H,3-6,16H2,1-2H3,(H,17,22)(H,18,23)(H,19,24)(H,25,26). The molecule has 0 saturated carbocycles. The molecule has 0 saturated heterocycles. The van der Waals surface area contributed by atoms with Crippen molar-refractivity contribution in [2.75, 3.05) is 19.0 Å². The molecular formula is C15H28N4O7S. The maximum atomic E-state index is 12.4. The van der Waals surface area contributed by atoms with Crippen molar-refractivity contribution in [3.63, 3.8) is 0 Å². The fourth-order valence-electron chi connectivity index (χ4n) is 1.99. The molecular weight excluding hydrogens is 380 g/mol. The summed E-state index contributed by atoms with van der Waals surface area (Å²) >= 11 is 3.91. The van der Waals surface area contributed by atoms with Crippen molar-refractivity contribution in [2.24, 2.45) is 11.7 Å². The van der Waals surface area contributed by atoms with Crippen molar-refractivity contribution in [3.05, 3.63) is 0 Å². The van der Waals surface area contributed by atoms with E-state index in [0.29, 0.717) is 0 Å². The van der Waals surface area contributed by atoms with Crippen molar-refractivity contribution < 1.29 is 34.5 Å². The van der Waals surface area contributed by atoms with Crippen LogP contribution in [-0.2, 0) is 19.2 Å². The van der Waals surface area contributed by atoms with Gasteiger partial charge in [-0.1, -0.05) is 13.8 Å². The van der Waals surface area contributed by atoms with E-state index in [4.69, 9.17) is 15.9 Å². The maximum absolute atomic E-state index is 12.4. The van der Waals surface area contributed by atoms with Crippen LogP contribution in [0.15, 0.2) is 0 Å². The Kier molecular flexibility index (Phi) is 11.6. The number of aliphatic carboxylic acids is 1. The fourth-order valence-corrected chi connectivity index (χ4v) is 2.15. The van der Waals surface area contributed by atoms with Gasteiger partial charge in [-0.05, 0) is 12.3 Å². The van der Waals surface area contributed by atoms with Gasteiger partial charge in [0.2, 0.25) is 17.7 Å². The molecule has 0 aliphatic heterocycles. The molecule has 0 rings (SSSR count). The van der Waals surface area contributed by atoms with Crippen LogP contribution in [-0.4, -0.2) is 82.1 Å². The van der Waals surface area contributed by atoms with Crippen LogP contribution in [0.25, 0.3) is 0 Å². The summed E-state index contributed by atoms with van der Waals surface area (Å²) in [5.74, 6) is -3.72. The van der Waals surface area contributed by atoms with E-state index in [9.17, 15) is 24.3 Å². The Balaban J connectivity index is 5.10. The van der Waals surface area contributed by atoms with Crippen molar-refractivity contribution in [1.29, 1.82) is 0 Å². The zero-order valence-electron chi connectivity index (χ0n) is 15.2. The van der Waals surface area contributed by atoms with Gasteiger partial charge in [0.25, 0.3) is 0 Å². The van der Waals surface area contributed by atoms with Crippen LogP contribution >= 0.6 is 12.6 Å². The molecule has 4 atom stereocenters. The third-order valence-corrected chi connectivity index (χ3v) is 3.88. The summed E-state index contributed by atoms with van der Waals surface area (Å²) in [6.07, 6.45) is 0.241. The maximum Gasteiger partial charge on any atom is 0.328 e. The SMILES string of the molecule is CC(C)CC(NC(=O)C(N)CS)C(=O)NC(CO)C(=O)NC(CO)C(=O)O. The summed E-state index contributed by atoms with van der Waals surface area (Å²) in [5.41, 5.74) is 5.57.